The van der Waals surface area contributed by atoms with Crippen molar-refractivity contribution in [2.24, 2.45) is 0 Å². The number of thiophene rings is 1. The zero-order valence-corrected chi connectivity index (χ0v) is 18.1. The summed E-state index contributed by atoms with van der Waals surface area (Å²) in [6.45, 7) is 7.74. The van der Waals surface area contributed by atoms with Crippen LogP contribution in [-0.2, 0) is 4.74 Å². The lowest BCUT2D eigenvalue weighted by atomic mass is 10.1. The first-order chi connectivity index (χ1) is 14.1. The van der Waals surface area contributed by atoms with Crippen LogP contribution < -0.4 is 9.80 Å². The molecule has 1 aliphatic rings. The van der Waals surface area contributed by atoms with Gasteiger partial charge in [-0.2, -0.15) is 4.98 Å². The summed E-state index contributed by atoms with van der Waals surface area (Å²) in [5, 5.41) is 1.10. The van der Waals surface area contributed by atoms with Crippen LogP contribution in [0.1, 0.15) is 28.6 Å². The molecule has 2 aromatic heterocycles. The number of para-hydroxylation sites is 1. The maximum Gasteiger partial charge on any atom is 0.348 e. The number of carbonyl (C=O) groups is 1. The molecule has 1 saturated heterocycles. The Morgan fingerprint density at radius 3 is 2.52 bits per heavy atom. The Hall–Kier alpha value is -2.38. The lowest BCUT2D eigenvalue weighted by molar-refractivity contribution is 0.0510. The number of ether oxygens (including phenoxy) is 1. The van der Waals surface area contributed by atoms with Gasteiger partial charge < -0.3 is 14.5 Å². The summed E-state index contributed by atoms with van der Waals surface area (Å²) < 4.78 is 5.34. The van der Waals surface area contributed by atoms with Crippen molar-refractivity contribution in [3.05, 3.63) is 46.1 Å². The molecule has 0 saturated carbocycles. The highest BCUT2D eigenvalue weighted by Crippen LogP contribution is 2.37. The second kappa shape index (κ2) is 8.55. The first kappa shape index (κ1) is 19.9. The van der Waals surface area contributed by atoms with E-state index in [1.54, 1.807) is 0 Å². The number of aryl methyl sites for hydroxylation is 1. The normalized spacial score (nSPS) is 14.4. The van der Waals surface area contributed by atoms with E-state index >= 15 is 0 Å². The molecule has 152 valence electrons. The van der Waals surface area contributed by atoms with Gasteiger partial charge in [0.2, 0.25) is 5.28 Å². The number of hydrogen-bond donors (Lipinski definition) is 0. The summed E-state index contributed by atoms with van der Waals surface area (Å²) in [5.74, 6) is 0.499. The van der Waals surface area contributed by atoms with Crippen molar-refractivity contribution < 1.29 is 9.53 Å². The molecule has 3 heterocycles. The van der Waals surface area contributed by atoms with Gasteiger partial charge in [-0.15, -0.1) is 11.3 Å². The zero-order chi connectivity index (χ0) is 20.4. The fraction of sp³-hybridized carbons (Fsp3) is 0.381. The Kier molecular flexibility index (Phi) is 5.87. The maximum absolute atomic E-state index is 12.5. The van der Waals surface area contributed by atoms with E-state index in [1.165, 1.54) is 17.0 Å². The lowest BCUT2D eigenvalue weighted by Crippen LogP contribution is -2.47. The number of aromatic nitrogens is 2. The third-order valence-corrected chi connectivity index (χ3v) is 6.40. The minimum absolute atomic E-state index is 0.202. The number of carbonyl (C=O) groups excluding carboxylic acids is 1. The number of esters is 1. The van der Waals surface area contributed by atoms with Crippen LogP contribution in [0.4, 0.5) is 11.5 Å². The highest BCUT2D eigenvalue weighted by Gasteiger charge is 2.26. The Labute approximate surface area is 179 Å². The van der Waals surface area contributed by atoms with Crippen molar-refractivity contribution in [3.63, 3.8) is 0 Å². The molecule has 0 atom stereocenters. The second-order valence-electron chi connectivity index (χ2n) is 7.00. The first-order valence-corrected chi connectivity index (χ1v) is 11.0. The smallest absolute Gasteiger partial charge is 0.348 e. The van der Waals surface area contributed by atoms with E-state index in [-0.39, 0.29) is 11.3 Å². The molecular weight excluding hydrogens is 408 g/mol. The Morgan fingerprint density at radius 1 is 1.14 bits per heavy atom. The number of rotatable bonds is 5. The molecule has 29 heavy (non-hydrogen) atoms. The molecule has 6 nitrogen and oxygen atoms in total. The number of nitrogens with zero attached hydrogens (tertiary/aromatic N) is 4. The third-order valence-electron chi connectivity index (χ3n) is 5.07. The second-order valence-corrected chi connectivity index (χ2v) is 8.34. The van der Waals surface area contributed by atoms with Gasteiger partial charge in [-0.1, -0.05) is 25.1 Å². The van der Waals surface area contributed by atoms with Crippen LogP contribution in [0.5, 0.6) is 0 Å². The van der Waals surface area contributed by atoms with Gasteiger partial charge in [-0.05, 0) is 42.6 Å². The van der Waals surface area contributed by atoms with Gasteiger partial charge in [0.15, 0.2) is 0 Å². The van der Waals surface area contributed by atoms with Gasteiger partial charge in [-0.3, -0.25) is 0 Å². The molecule has 0 unspecified atom stereocenters. The lowest BCUT2D eigenvalue weighted by Gasteiger charge is -2.37. The van der Waals surface area contributed by atoms with Crippen LogP contribution in [0.3, 0.4) is 0 Å². The van der Waals surface area contributed by atoms with E-state index in [0.29, 0.717) is 11.5 Å². The molecule has 0 radical (unpaired) electrons. The van der Waals surface area contributed by atoms with Gasteiger partial charge in [0.25, 0.3) is 0 Å². The standard InChI is InChI=1S/C21H23ClN4O2S/c1-3-13-28-20(27)17-14(2)16-18(23-21(22)24-19(16)29-17)26-11-9-25(10-12-26)15-7-5-4-6-8-15/h4-8H,3,9-13H2,1-2H3. The molecule has 8 heteroatoms. The maximum atomic E-state index is 12.5. The molecular formula is C21H23ClN4O2S. The number of benzene rings is 1. The van der Waals surface area contributed by atoms with E-state index < -0.39 is 0 Å². The van der Waals surface area contributed by atoms with Crippen molar-refractivity contribution >= 4 is 50.6 Å². The van der Waals surface area contributed by atoms with Crippen molar-refractivity contribution in [1.82, 2.24) is 9.97 Å². The summed E-state index contributed by atoms with van der Waals surface area (Å²) in [7, 11) is 0. The Morgan fingerprint density at radius 2 is 1.83 bits per heavy atom. The molecule has 0 aliphatic carbocycles. The van der Waals surface area contributed by atoms with Gasteiger partial charge in [-0.25, -0.2) is 9.78 Å². The monoisotopic (exact) mass is 430 g/mol. The van der Waals surface area contributed by atoms with Crippen LogP contribution >= 0.6 is 22.9 Å². The van der Waals surface area contributed by atoms with Crippen LogP contribution in [0, 0.1) is 6.92 Å². The summed E-state index contributed by atoms with van der Waals surface area (Å²) in [6.07, 6.45) is 0.790. The van der Waals surface area contributed by atoms with Gasteiger partial charge in [0, 0.05) is 31.9 Å². The molecule has 0 N–H and O–H groups in total. The number of piperazine rings is 1. The molecule has 3 aromatic rings. The summed E-state index contributed by atoms with van der Waals surface area (Å²) in [5.41, 5.74) is 2.09. The van der Waals surface area contributed by atoms with E-state index in [1.807, 2.05) is 19.9 Å². The third kappa shape index (κ3) is 4.02. The Bertz CT molecular complexity index is 1020. The van der Waals surface area contributed by atoms with E-state index in [9.17, 15) is 4.79 Å². The van der Waals surface area contributed by atoms with Crippen molar-refractivity contribution in [2.75, 3.05) is 42.6 Å². The minimum Gasteiger partial charge on any atom is -0.462 e. The first-order valence-electron chi connectivity index (χ1n) is 9.77. The zero-order valence-electron chi connectivity index (χ0n) is 16.5. The van der Waals surface area contributed by atoms with E-state index in [2.05, 4.69) is 44.0 Å². The van der Waals surface area contributed by atoms with E-state index in [4.69, 9.17) is 16.3 Å². The van der Waals surface area contributed by atoms with Crippen molar-refractivity contribution in [3.8, 4) is 0 Å². The predicted octanol–water partition coefficient (Wildman–Crippen LogP) is 4.55. The average Bonchev–Trinajstić information content (AvgIpc) is 3.08. The number of hydrogen-bond acceptors (Lipinski definition) is 7. The summed E-state index contributed by atoms with van der Waals surface area (Å²) in [6, 6.07) is 10.4. The van der Waals surface area contributed by atoms with Crippen molar-refractivity contribution in [2.45, 2.75) is 20.3 Å². The Balaban J connectivity index is 1.62. The molecule has 0 spiro atoms. The largest absolute Gasteiger partial charge is 0.462 e. The fourth-order valence-electron chi connectivity index (χ4n) is 3.59. The van der Waals surface area contributed by atoms with Crippen LogP contribution in [0.25, 0.3) is 10.2 Å². The molecule has 1 aliphatic heterocycles. The SMILES string of the molecule is CCCOC(=O)c1sc2nc(Cl)nc(N3CCN(c4ccccc4)CC3)c2c1C. The van der Waals surface area contributed by atoms with Crippen LogP contribution in [0.2, 0.25) is 5.28 Å². The van der Waals surface area contributed by atoms with Crippen molar-refractivity contribution in [1.29, 1.82) is 0 Å². The van der Waals surface area contributed by atoms with E-state index in [0.717, 1.165) is 54.2 Å². The highest BCUT2D eigenvalue weighted by atomic mass is 35.5. The molecule has 1 fully saturated rings. The highest BCUT2D eigenvalue weighted by molar-refractivity contribution is 7.20. The molecule has 0 bridgehead atoms. The van der Waals surface area contributed by atoms with Gasteiger partial charge in [0.05, 0.1) is 12.0 Å². The fourth-order valence-corrected chi connectivity index (χ4v) is 4.88. The van der Waals surface area contributed by atoms with Gasteiger partial charge in [0.1, 0.15) is 15.5 Å². The number of halogens is 1. The summed E-state index contributed by atoms with van der Waals surface area (Å²) >= 11 is 7.55. The number of fused-ring (bicyclic) bond motifs is 1. The molecule has 1 aromatic carbocycles. The predicted molar refractivity (Wildman–Crippen MR) is 119 cm³/mol. The minimum atomic E-state index is -0.302. The average molecular weight is 431 g/mol. The van der Waals surface area contributed by atoms with Crippen LogP contribution in [0.15, 0.2) is 30.3 Å². The summed E-state index contributed by atoms with van der Waals surface area (Å²) in [4.78, 5) is 27.3. The molecule has 0 amide bonds. The number of anilines is 2. The molecule has 4 rings (SSSR count). The van der Waals surface area contributed by atoms with Crippen LogP contribution in [-0.4, -0.2) is 48.7 Å². The quantitative estimate of drug-likeness (QED) is 0.437. The topological polar surface area (TPSA) is 58.6 Å². The van der Waals surface area contributed by atoms with Gasteiger partial charge >= 0.3 is 5.97 Å².